The summed E-state index contributed by atoms with van der Waals surface area (Å²) in [7, 11) is -3.87. The smallest absolute Gasteiger partial charge is 0.322 e. The third-order valence-corrected chi connectivity index (χ3v) is 8.36. The molecule has 0 aliphatic carbocycles. The van der Waals surface area contributed by atoms with Gasteiger partial charge in [0.2, 0.25) is 0 Å². The molecule has 3 N–H and O–H groups in total. The quantitative estimate of drug-likeness (QED) is 0.433. The molecule has 2 heterocycles. The average Bonchev–Trinajstić information content (AvgIpc) is 3.31. The van der Waals surface area contributed by atoms with Crippen molar-refractivity contribution in [2.75, 3.05) is 13.1 Å². The molecule has 2 aromatic rings. The van der Waals surface area contributed by atoms with Crippen LogP contribution in [0.4, 0.5) is 0 Å². The number of nitrogens with one attached hydrogen (secondary N) is 2. The van der Waals surface area contributed by atoms with Crippen molar-refractivity contribution in [1.29, 1.82) is 0 Å². The van der Waals surface area contributed by atoms with Crippen molar-refractivity contribution in [3.63, 3.8) is 0 Å². The zero-order chi connectivity index (χ0) is 22.3. The van der Waals surface area contributed by atoms with Crippen molar-refractivity contribution < 1.29 is 23.1 Å². The van der Waals surface area contributed by atoms with Gasteiger partial charge in [0.05, 0.1) is 0 Å². The van der Waals surface area contributed by atoms with E-state index in [4.69, 9.17) is 4.74 Å². The lowest BCUT2D eigenvalue weighted by atomic mass is 9.89. The van der Waals surface area contributed by atoms with Crippen LogP contribution in [0.2, 0.25) is 0 Å². The van der Waals surface area contributed by atoms with E-state index < -0.39 is 22.0 Å². The van der Waals surface area contributed by atoms with Crippen molar-refractivity contribution >= 4 is 39.7 Å². The van der Waals surface area contributed by atoms with Crippen LogP contribution in [0.15, 0.2) is 46.0 Å². The van der Waals surface area contributed by atoms with Gasteiger partial charge in [-0.05, 0) is 73.8 Å². The number of piperidine rings is 1. The van der Waals surface area contributed by atoms with Gasteiger partial charge >= 0.3 is 5.97 Å². The first-order valence-corrected chi connectivity index (χ1v) is 13.0. The first-order valence-electron chi connectivity index (χ1n) is 10.6. The highest BCUT2D eigenvalue weighted by atomic mass is 35.5. The Kier molecular flexibility index (Phi) is 10.4. The van der Waals surface area contributed by atoms with E-state index in [9.17, 15) is 18.3 Å². The fraction of sp³-hybridized carbons (Fsp3) is 0.500. The molecule has 1 aliphatic heterocycles. The maximum Gasteiger partial charge on any atom is 0.322 e. The second-order valence-corrected chi connectivity index (χ2v) is 10.7. The molecule has 10 heteroatoms. The molecule has 0 spiro atoms. The maximum absolute atomic E-state index is 12.4. The number of sulfonamides is 1. The molecule has 178 valence electrons. The SMILES string of the molecule is CCCC(Oc1ccc(CC(NS(=O)(=O)c2cccs2)C(=O)O)cc1)C1CCNCC1.Cl. The van der Waals surface area contributed by atoms with Crippen LogP contribution in [-0.4, -0.2) is 44.7 Å². The van der Waals surface area contributed by atoms with E-state index in [2.05, 4.69) is 17.0 Å². The molecular formula is C22H31ClN2O5S2. The van der Waals surface area contributed by atoms with Crippen LogP contribution < -0.4 is 14.8 Å². The minimum absolute atomic E-state index is 0. The highest BCUT2D eigenvalue weighted by Gasteiger charge is 2.27. The Balaban J connectivity index is 0.00000363. The summed E-state index contributed by atoms with van der Waals surface area (Å²) >= 11 is 1.05. The summed E-state index contributed by atoms with van der Waals surface area (Å²) in [6.07, 6.45) is 4.48. The lowest BCUT2D eigenvalue weighted by molar-refractivity contribution is -0.138. The van der Waals surface area contributed by atoms with Crippen molar-refractivity contribution in [2.24, 2.45) is 5.92 Å². The van der Waals surface area contributed by atoms with E-state index in [1.807, 2.05) is 12.1 Å². The minimum atomic E-state index is -3.87. The Labute approximate surface area is 200 Å². The average molecular weight is 503 g/mol. The lowest BCUT2D eigenvalue weighted by Crippen LogP contribution is -2.42. The summed E-state index contributed by atoms with van der Waals surface area (Å²) in [6, 6.07) is 9.10. The number of carboxylic acids is 1. The predicted molar refractivity (Wildman–Crippen MR) is 128 cm³/mol. The van der Waals surface area contributed by atoms with Gasteiger partial charge in [0.25, 0.3) is 10.0 Å². The van der Waals surface area contributed by atoms with Crippen molar-refractivity contribution in [3.05, 3.63) is 47.3 Å². The number of rotatable bonds is 11. The van der Waals surface area contributed by atoms with E-state index in [1.165, 1.54) is 6.07 Å². The predicted octanol–water partition coefficient (Wildman–Crippen LogP) is 3.69. The van der Waals surface area contributed by atoms with Crippen LogP contribution >= 0.6 is 23.7 Å². The highest BCUT2D eigenvalue weighted by Crippen LogP contribution is 2.26. The van der Waals surface area contributed by atoms with Gasteiger partial charge < -0.3 is 15.2 Å². The second kappa shape index (κ2) is 12.6. The number of benzene rings is 1. The fourth-order valence-corrected chi connectivity index (χ4v) is 6.05. The topological polar surface area (TPSA) is 105 Å². The standard InChI is InChI=1S/C22H30N2O5S2.ClH/c1-2-4-20(17-10-12-23-13-11-17)29-18-8-6-16(7-9-18)15-19(22(25)26)24-31(27,28)21-5-3-14-30-21;/h3,5-9,14,17,19-20,23-24H,2,4,10-13,15H2,1H3,(H,25,26);1H. The first kappa shape index (κ1) is 26.6. The van der Waals surface area contributed by atoms with Gasteiger partial charge in [-0.3, -0.25) is 4.79 Å². The van der Waals surface area contributed by atoms with E-state index >= 15 is 0 Å². The van der Waals surface area contributed by atoms with E-state index in [-0.39, 0.29) is 29.1 Å². The van der Waals surface area contributed by atoms with Crippen molar-refractivity contribution in [1.82, 2.24) is 10.0 Å². The molecule has 7 nitrogen and oxygen atoms in total. The molecule has 1 saturated heterocycles. The molecule has 0 bridgehead atoms. The molecule has 1 fully saturated rings. The van der Waals surface area contributed by atoms with Crippen molar-refractivity contribution in [3.8, 4) is 5.75 Å². The zero-order valence-corrected chi connectivity index (χ0v) is 20.5. The van der Waals surface area contributed by atoms with Gasteiger partial charge in [-0.1, -0.05) is 31.5 Å². The molecular weight excluding hydrogens is 472 g/mol. The Morgan fingerprint density at radius 3 is 2.50 bits per heavy atom. The molecule has 2 unspecified atom stereocenters. The van der Waals surface area contributed by atoms with Gasteiger partial charge in [0.15, 0.2) is 0 Å². The summed E-state index contributed by atoms with van der Waals surface area (Å²) in [5.41, 5.74) is 0.725. The fourth-order valence-electron chi connectivity index (χ4n) is 3.85. The van der Waals surface area contributed by atoms with Crippen molar-refractivity contribution in [2.45, 2.75) is 55.4 Å². The molecule has 1 aromatic carbocycles. The molecule has 2 atom stereocenters. The molecule has 1 aromatic heterocycles. The van der Waals surface area contributed by atoms with Crippen LogP contribution in [-0.2, 0) is 21.2 Å². The lowest BCUT2D eigenvalue weighted by Gasteiger charge is -2.31. The number of carboxylic acid groups (broad SMARTS) is 1. The van der Waals surface area contributed by atoms with E-state index in [0.29, 0.717) is 5.92 Å². The molecule has 3 rings (SSSR count). The summed E-state index contributed by atoms with van der Waals surface area (Å²) < 4.78 is 33.5. The summed E-state index contributed by atoms with van der Waals surface area (Å²) in [4.78, 5) is 11.7. The molecule has 0 amide bonds. The Hall–Kier alpha value is -1.65. The number of carbonyl (C=O) groups is 1. The monoisotopic (exact) mass is 502 g/mol. The largest absolute Gasteiger partial charge is 0.490 e. The maximum atomic E-state index is 12.4. The third-order valence-electron chi connectivity index (χ3n) is 5.49. The molecule has 32 heavy (non-hydrogen) atoms. The second-order valence-electron chi connectivity index (χ2n) is 7.82. The van der Waals surface area contributed by atoms with Gasteiger partial charge in [-0.15, -0.1) is 23.7 Å². The Bertz CT molecular complexity index is 930. The molecule has 1 aliphatic rings. The van der Waals surface area contributed by atoms with Crippen LogP contribution in [0.25, 0.3) is 0 Å². The molecule has 0 saturated carbocycles. The molecule has 0 radical (unpaired) electrons. The zero-order valence-electron chi connectivity index (χ0n) is 18.0. The number of aliphatic carboxylic acids is 1. The Morgan fingerprint density at radius 1 is 1.25 bits per heavy atom. The van der Waals surface area contributed by atoms with Gasteiger partial charge in [-0.25, -0.2) is 8.42 Å². The normalized spacial score (nSPS) is 16.7. The Morgan fingerprint density at radius 2 is 1.94 bits per heavy atom. The number of ether oxygens (including phenoxy) is 1. The van der Waals surface area contributed by atoms with E-state index in [0.717, 1.165) is 61.4 Å². The van der Waals surface area contributed by atoms with Crippen LogP contribution in [0.3, 0.4) is 0 Å². The number of thiophene rings is 1. The summed E-state index contributed by atoms with van der Waals surface area (Å²) in [5.74, 6) is 0.0741. The number of hydrogen-bond donors (Lipinski definition) is 3. The first-order chi connectivity index (χ1) is 14.9. The van der Waals surface area contributed by atoms with Crippen LogP contribution in [0.5, 0.6) is 5.75 Å². The van der Waals surface area contributed by atoms with Gasteiger partial charge in [0.1, 0.15) is 22.1 Å². The number of hydrogen-bond acceptors (Lipinski definition) is 6. The summed E-state index contributed by atoms with van der Waals surface area (Å²) in [6.45, 7) is 4.19. The van der Waals surface area contributed by atoms with Crippen LogP contribution in [0.1, 0.15) is 38.2 Å². The van der Waals surface area contributed by atoms with Crippen LogP contribution in [0, 0.1) is 5.92 Å². The minimum Gasteiger partial charge on any atom is -0.490 e. The number of halogens is 1. The summed E-state index contributed by atoms with van der Waals surface area (Å²) in [5, 5.41) is 14.5. The highest BCUT2D eigenvalue weighted by molar-refractivity contribution is 7.91. The van der Waals surface area contributed by atoms with Gasteiger partial charge in [-0.2, -0.15) is 4.72 Å². The van der Waals surface area contributed by atoms with E-state index in [1.54, 1.807) is 23.6 Å². The van der Waals surface area contributed by atoms with Gasteiger partial charge in [0, 0.05) is 0 Å². The third kappa shape index (κ3) is 7.45.